The smallest absolute Gasteiger partial charge is 0.253 e. The summed E-state index contributed by atoms with van der Waals surface area (Å²) in [7, 11) is 0. The molecule has 6 rings (SSSR count). The molecule has 0 bridgehead atoms. The second kappa shape index (κ2) is 8.72. The van der Waals surface area contributed by atoms with E-state index < -0.39 is 0 Å². The zero-order chi connectivity index (χ0) is 23.1. The van der Waals surface area contributed by atoms with E-state index in [0.717, 1.165) is 54.2 Å². The van der Waals surface area contributed by atoms with Gasteiger partial charge in [0.1, 0.15) is 11.6 Å². The second-order valence-electron chi connectivity index (χ2n) is 8.95. The zero-order valence-electron chi connectivity index (χ0n) is 18.8. The van der Waals surface area contributed by atoms with E-state index in [9.17, 15) is 4.79 Å². The van der Waals surface area contributed by atoms with Crippen molar-refractivity contribution in [3.8, 4) is 5.69 Å². The molecule has 3 heterocycles. The van der Waals surface area contributed by atoms with Gasteiger partial charge in [0.05, 0.1) is 17.3 Å². The molecule has 8 heteroatoms. The molecule has 1 amide bonds. The van der Waals surface area contributed by atoms with Crippen molar-refractivity contribution in [3.63, 3.8) is 0 Å². The van der Waals surface area contributed by atoms with Crippen molar-refractivity contribution in [2.45, 2.75) is 25.2 Å². The van der Waals surface area contributed by atoms with Crippen LogP contribution >= 0.6 is 11.6 Å². The lowest BCUT2D eigenvalue weighted by molar-refractivity contribution is 0.0767. The molecular formula is C26H25ClN6O. The number of para-hydroxylation sites is 1. The molecule has 1 aliphatic heterocycles. The van der Waals surface area contributed by atoms with Crippen LogP contribution in [0.3, 0.4) is 0 Å². The third-order valence-electron chi connectivity index (χ3n) is 6.54. The van der Waals surface area contributed by atoms with E-state index in [4.69, 9.17) is 21.6 Å². The number of anilines is 1. The molecule has 0 radical (unpaired) electrons. The Morgan fingerprint density at radius 1 is 0.912 bits per heavy atom. The van der Waals surface area contributed by atoms with Crippen LogP contribution in [0.2, 0.25) is 5.02 Å². The number of fused-ring (bicyclic) bond motifs is 1. The molecule has 2 aromatic carbocycles. The molecule has 1 saturated heterocycles. The molecule has 2 aliphatic rings. The first-order valence-corrected chi connectivity index (χ1v) is 12.2. The molecular weight excluding hydrogens is 448 g/mol. The van der Waals surface area contributed by atoms with Gasteiger partial charge in [-0.25, -0.2) is 14.6 Å². The van der Waals surface area contributed by atoms with Crippen LogP contribution < -0.4 is 4.90 Å². The quantitative estimate of drug-likeness (QED) is 0.430. The van der Waals surface area contributed by atoms with Gasteiger partial charge >= 0.3 is 0 Å². The van der Waals surface area contributed by atoms with Gasteiger partial charge in [0.2, 0.25) is 0 Å². The Kier molecular flexibility index (Phi) is 5.41. The lowest BCUT2D eigenvalue weighted by Gasteiger charge is -2.24. The molecule has 0 spiro atoms. The number of carbonyl (C=O) groups is 1. The lowest BCUT2D eigenvalue weighted by atomic mass is 10.2. The van der Waals surface area contributed by atoms with Crippen LogP contribution in [-0.4, -0.2) is 56.7 Å². The number of benzene rings is 2. The van der Waals surface area contributed by atoms with Gasteiger partial charge in [-0.1, -0.05) is 29.8 Å². The second-order valence-corrected chi connectivity index (χ2v) is 9.39. The first-order valence-electron chi connectivity index (χ1n) is 11.8. The van der Waals surface area contributed by atoms with Gasteiger partial charge in [0, 0.05) is 42.7 Å². The van der Waals surface area contributed by atoms with Crippen LogP contribution in [0.25, 0.3) is 16.7 Å². The number of aromatic nitrogens is 4. The summed E-state index contributed by atoms with van der Waals surface area (Å²) in [5.41, 5.74) is 2.50. The zero-order valence-corrected chi connectivity index (χ0v) is 19.5. The maximum atomic E-state index is 13.1. The summed E-state index contributed by atoms with van der Waals surface area (Å²) in [5, 5.41) is 6.25. The van der Waals surface area contributed by atoms with Gasteiger partial charge in [0.25, 0.3) is 5.91 Å². The van der Waals surface area contributed by atoms with Gasteiger partial charge in [-0.15, -0.1) is 0 Å². The highest BCUT2D eigenvalue weighted by Gasteiger charge is 2.30. The van der Waals surface area contributed by atoms with Crippen LogP contribution in [-0.2, 0) is 0 Å². The third-order valence-corrected chi connectivity index (χ3v) is 6.79. The van der Waals surface area contributed by atoms with Gasteiger partial charge in [-0.3, -0.25) is 4.79 Å². The largest absolute Gasteiger partial charge is 0.354 e. The Labute approximate surface area is 203 Å². The van der Waals surface area contributed by atoms with Gasteiger partial charge in [-0.05, 0) is 55.7 Å². The Morgan fingerprint density at radius 3 is 2.47 bits per heavy atom. The predicted octanol–water partition coefficient (Wildman–Crippen LogP) is 4.70. The molecule has 4 aromatic rings. The maximum Gasteiger partial charge on any atom is 0.253 e. The number of hydrogen-bond donors (Lipinski definition) is 0. The van der Waals surface area contributed by atoms with Crippen molar-refractivity contribution in [1.82, 2.24) is 24.6 Å². The van der Waals surface area contributed by atoms with Crippen molar-refractivity contribution in [2.75, 3.05) is 31.1 Å². The van der Waals surface area contributed by atoms with Crippen LogP contribution in [0.4, 0.5) is 5.82 Å². The van der Waals surface area contributed by atoms with E-state index in [1.807, 2.05) is 46.1 Å². The van der Waals surface area contributed by atoms with Crippen molar-refractivity contribution in [3.05, 3.63) is 77.2 Å². The summed E-state index contributed by atoms with van der Waals surface area (Å²) in [6.07, 6.45) is 5.01. The maximum absolute atomic E-state index is 13.1. The number of halogens is 1. The minimum Gasteiger partial charge on any atom is -0.354 e. The fourth-order valence-corrected chi connectivity index (χ4v) is 4.67. The van der Waals surface area contributed by atoms with Crippen molar-refractivity contribution >= 4 is 34.4 Å². The molecule has 7 nitrogen and oxygen atoms in total. The summed E-state index contributed by atoms with van der Waals surface area (Å²) in [5.74, 6) is 2.30. The molecule has 1 saturated carbocycles. The minimum absolute atomic E-state index is 0.0434. The van der Waals surface area contributed by atoms with Gasteiger partial charge in [-0.2, -0.15) is 5.10 Å². The first-order chi connectivity index (χ1) is 16.7. The molecule has 1 aliphatic carbocycles. The highest BCUT2D eigenvalue weighted by atomic mass is 35.5. The summed E-state index contributed by atoms with van der Waals surface area (Å²) in [6.45, 7) is 2.90. The standard InChI is InChI=1S/C26H25ClN6O/c27-20-11-9-19(10-12-20)26(34)32-14-4-13-31(15-16-32)24-22-17-28-33(21-5-2-1-3-6-21)25(22)30-23(29-24)18-7-8-18/h1-3,5-6,9-12,17-18H,4,7-8,13-16H2. The van der Waals surface area contributed by atoms with Crippen LogP contribution in [0.1, 0.15) is 41.4 Å². The highest BCUT2D eigenvalue weighted by Crippen LogP contribution is 2.40. The molecule has 0 N–H and O–H groups in total. The van der Waals surface area contributed by atoms with Crippen LogP contribution in [0.15, 0.2) is 60.8 Å². The Bertz CT molecular complexity index is 1330. The van der Waals surface area contributed by atoms with E-state index in [-0.39, 0.29) is 5.91 Å². The summed E-state index contributed by atoms with van der Waals surface area (Å²) in [4.78, 5) is 27.2. The molecule has 0 unspecified atom stereocenters. The molecule has 2 aromatic heterocycles. The average molecular weight is 473 g/mol. The van der Waals surface area contributed by atoms with Crippen molar-refractivity contribution in [2.24, 2.45) is 0 Å². The number of rotatable bonds is 4. The van der Waals surface area contributed by atoms with Crippen molar-refractivity contribution < 1.29 is 4.79 Å². The number of hydrogen-bond acceptors (Lipinski definition) is 5. The third kappa shape index (κ3) is 4.01. The fraction of sp³-hybridized carbons (Fsp3) is 0.308. The summed E-state index contributed by atoms with van der Waals surface area (Å²) >= 11 is 5.99. The van der Waals surface area contributed by atoms with Crippen LogP contribution in [0, 0.1) is 0 Å². The molecule has 0 atom stereocenters. The highest BCUT2D eigenvalue weighted by molar-refractivity contribution is 6.30. The minimum atomic E-state index is 0.0434. The number of carbonyl (C=O) groups excluding carboxylic acids is 1. The van der Waals surface area contributed by atoms with Crippen molar-refractivity contribution in [1.29, 1.82) is 0 Å². The molecule has 2 fully saturated rings. The first kappa shape index (κ1) is 21.1. The summed E-state index contributed by atoms with van der Waals surface area (Å²) in [6, 6.07) is 17.2. The Balaban J connectivity index is 1.31. The van der Waals surface area contributed by atoms with E-state index >= 15 is 0 Å². The average Bonchev–Trinajstić information content (AvgIpc) is 3.67. The van der Waals surface area contributed by atoms with E-state index in [0.29, 0.717) is 36.1 Å². The van der Waals surface area contributed by atoms with E-state index in [2.05, 4.69) is 10.00 Å². The van der Waals surface area contributed by atoms with Gasteiger partial charge < -0.3 is 9.80 Å². The van der Waals surface area contributed by atoms with Crippen LogP contribution in [0.5, 0.6) is 0 Å². The SMILES string of the molecule is O=C(c1ccc(Cl)cc1)N1CCCN(c2nc(C3CC3)nc3c2cnn3-c2ccccc2)CC1. The number of amides is 1. The fourth-order valence-electron chi connectivity index (χ4n) is 4.54. The van der Waals surface area contributed by atoms with E-state index in [1.165, 1.54) is 0 Å². The molecule has 34 heavy (non-hydrogen) atoms. The predicted molar refractivity (Wildman–Crippen MR) is 133 cm³/mol. The van der Waals surface area contributed by atoms with E-state index in [1.54, 1.807) is 24.3 Å². The number of nitrogens with zero attached hydrogens (tertiary/aromatic N) is 6. The Hall–Kier alpha value is -3.45. The molecule has 172 valence electrons. The Morgan fingerprint density at radius 2 is 1.71 bits per heavy atom. The monoisotopic (exact) mass is 472 g/mol. The topological polar surface area (TPSA) is 67.2 Å². The normalized spacial score (nSPS) is 16.6. The summed E-state index contributed by atoms with van der Waals surface area (Å²) < 4.78 is 1.90. The van der Waals surface area contributed by atoms with Gasteiger partial charge in [0.15, 0.2) is 5.65 Å². The lowest BCUT2D eigenvalue weighted by Crippen LogP contribution is -2.35.